The number of aromatic nitrogens is 4. The minimum atomic E-state index is 0.415. The number of nitrogens with zero attached hydrogens (tertiary/aromatic N) is 4. The second-order valence-corrected chi connectivity index (χ2v) is 4.77. The lowest BCUT2D eigenvalue weighted by atomic mass is 10.2. The van der Waals surface area contributed by atoms with Gasteiger partial charge in [-0.2, -0.15) is 14.9 Å². The van der Waals surface area contributed by atoms with Gasteiger partial charge in [-0.05, 0) is 36.5 Å². The van der Waals surface area contributed by atoms with Gasteiger partial charge < -0.3 is 4.74 Å². The molecule has 0 bridgehead atoms. The summed E-state index contributed by atoms with van der Waals surface area (Å²) in [5.41, 5.74) is 1.73. The molecule has 0 aliphatic heterocycles. The third-order valence-corrected chi connectivity index (χ3v) is 3.30. The molecule has 6 nitrogen and oxygen atoms in total. The highest BCUT2D eigenvalue weighted by atomic mass is 32.1. The first kappa shape index (κ1) is 14.2. The highest BCUT2D eigenvalue weighted by Gasteiger charge is 2.07. The number of rotatable bonds is 4. The van der Waals surface area contributed by atoms with Gasteiger partial charge in [0.05, 0.1) is 13.3 Å². The van der Waals surface area contributed by atoms with Gasteiger partial charge in [-0.3, -0.25) is 4.98 Å². The molecule has 2 aromatic heterocycles. The van der Waals surface area contributed by atoms with E-state index in [-0.39, 0.29) is 0 Å². The summed E-state index contributed by atoms with van der Waals surface area (Å²) >= 11 is 5.23. The third-order valence-electron chi connectivity index (χ3n) is 3.04. The maximum atomic E-state index is 5.30. The Morgan fingerprint density at radius 2 is 2.00 bits per heavy atom. The Morgan fingerprint density at radius 1 is 1.23 bits per heavy atom. The van der Waals surface area contributed by atoms with Gasteiger partial charge in [0.2, 0.25) is 4.77 Å². The summed E-state index contributed by atoms with van der Waals surface area (Å²) in [7, 11) is 1.62. The molecule has 0 aliphatic carbocycles. The molecule has 0 saturated heterocycles. The minimum Gasteiger partial charge on any atom is -0.496 e. The molecule has 3 rings (SSSR count). The van der Waals surface area contributed by atoms with Gasteiger partial charge in [-0.25, -0.2) is 5.10 Å². The normalized spacial score (nSPS) is 11.0. The second-order valence-electron chi connectivity index (χ2n) is 4.39. The summed E-state index contributed by atoms with van der Waals surface area (Å²) in [6, 6.07) is 11.3. The number of nitrogens with one attached hydrogen (secondary N) is 1. The summed E-state index contributed by atoms with van der Waals surface area (Å²) in [6.45, 7) is 0. The maximum Gasteiger partial charge on any atom is 0.216 e. The highest BCUT2D eigenvalue weighted by molar-refractivity contribution is 7.71. The average molecular weight is 311 g/mol. The van der Waals surface area contributed by atoms with E-state index in [4.69, 9.17) is 17.0 Å². The van der Waals surface area contributed by atoms with Crippen LogP contribution in [-0.2, 0) is 0 Å². The van der Waals surface area contributed by atoms with Crippen LogP contribution >= 0.6 is 12.2 Å². The molecule has 0 radical (unpaired) electrons. The largest absolute Gasteiger partial charge is 0.496 e. The van der Waals surface area contributed by atoms with Crippen LogP contribution in [0.2, 0.25) is 0 Å². The third kappa shape index (κ3) is 2.79. The van der Waals surface area contributed by atoms with Crippen LogP contribution in [0.5, 0.6) is 5.75 Å². The van der Waals surface area contributed by atoms with E-state index < -0.39 is 0 Å². The van der Waals surface area contributed by atoms with Crippen LogP contribution in [0.3, 0.4) is 0 Å². The first-order chi connectivity index (χ1) is 10.8. The fraction of sp³-hybridized carbons (Fsp3) is 0.0667. The number of para-hydroxylation sites is 1. The Bertz CT molecular complexity index is 854. The molecule has 0 amide bonds. The number of H-pyrrole nitrogens is 1. The Hall–Kier alpha value is -2.80. The van der Waals surface area contributed by atoms with Crippen molar-refractivity contribution in [1.29, 1.82) is 0 Å². The van der Waals surface area contributed by atoms with E-state index in [1.54, 1.807) is 30.4 Å². The lowest BCUT2D eigenvalue weighted by Gasteiger charge is -2.03. The van der Waals surface area contributed by atoms with Crippen molar-refractivity contribution in [2.75, 3.05) is 7.11 Å². The molecule has 0 atom stereocenters. The van der Waals surface area contributed by atoms with Crippen LogP contribution in [0.25, 0.3) is 11.4 Å². The van der Waals surface area contributed by atoms with Crippen LogP contribution < -0.4 is 4.74 Å². The molecule has 110 valence electrons. The van der Waals surface area contributed by atoms with E-state index in [0.717, 1.165) is 16.9 Å². The average Bonchev–Trinajstić information content (AvgIpc) is 2.95. The summed E-state index contributed by atoms with van der Waals surface area (Å²) in [5, 5.41) is 11.4. The van der Waals surface area contributed by atoms with Crippen molar-refractivity contribution < 1.29 is 4.74 Å². The van der Waals surface area contributed by atoms with E-state index in [1.165, 1.54) is 0 Å². The number of benzene rings is 1. The van der Waals surface area contributed by atoms with Gasteiger partial charge in [0.15, 0.2) is 5.82 Å². The monoisotopic (exact) mass is 311 g/mol. The van der Waals surface area contributed by atoms with Crippen LogP contribution in [0.1, 0.15) is 5.56 Å². The summed E-state index contributed by atoms with van der Waals surface area (Å²) in [5.74, 6) is 1.37. The number of methoxy groups -OCH3 is 1. The SMILES string of the molecule is COc1ccccc1C=Nn1c(-c2ccncc2)n[nH]c1=S. The smallest absolute Gasteiger partial charge is 0.216 e. The molecule has 2 heterocycles. The molecule has 3 aromatic rings. The quantitative estimate of drug-likeness (QED) is 0.594. The number of ether oxygens (including phenoxy) is 1. The predicted molar refractivity (Wildman–Crippen MR) is 86.6 cm³/mol. The Balaban J connectivity index is 2.01. The van der Waals surface area contributed by atoms with Gasteiger partial charge >= 0.3 is 0 Å². The molecule has 22 heavy (non-hydrogen) atoms. The van der Waals surface area contributed by atoms with Crippen molar-refractivity contribution in [2.45, 2.75) is 0 Å². The second kappa shape index (κ2) is 6.31. The number of hydrogen-bond acceptors (Lipinski definition) is 5. The summed E-state index contributed by atoms with van der Waals surface area (Å²) in [4.78, 5) is 4.00. The van der Waals surface area contributed by atoms with E-state index >= 15 is 0 Å². The zero-order valence-electron chi connectivity index (χ0n) is 11.8. The summed E-state index contributed by atoms with van der Waals surface area (Å²) < 4.78 is 7.28. The zero-order valence-corrected chi connectivity index (χ0v) is 12.6. The van der Waals surface area contributed by atoms with Gasteiger partial charge in [-0.1, -0.05) is 12.1 Å². The fourth-order valence-electron chi connectivity index (χ4n) is 1.98. The maximum absolute atomic E-state index is 5.30. The highest BCUT2D eigenvalue weighted by Crippen LogP contribution is 2.17. The zero-order chi connectivity index (χ0) is 15.4. The topological polar surface area (TPSA) is 68.1 Å². The number of pyridine rings is 1. The molecule has 0 unspecified atom stereocenters. The van der Waals surface area contributed by atoms with E-state index in [2.05, 4.69) is 20.3 Å². The lowest BCUT2D eigenvalue weighted by molar-refractivity contribution is 0.414. The molecule has 0 saturated carbocycles. The first-order valence-corrected chi connectivity index (χ1v) is 6.95. The first-order valence-electron chi connectivity index (χ1n) is 6.55. The van der Waals surface area contributed by atoms with Gasteiger partial charge in [0.1, 0.15) is 5.75 Å². The van der Waals surface area contributed by atoms with Gasteiger partial charge in [0, 0.05) is 23.5 Å². The fourth-order valence-corrected chi connectivity index (χ4v) is 2.16. The van der Waals surface area contributed by atoms with Crippen molar-refractivity contribution >= 4 is 18.4 Å². The lowest BCUT2D eigenvalue weighted by Crippen LogP contribution is -1.96. The molecular formula is C15H13N5OS. The van der Waals surface area contributed by atoms with Crippen LogP contribution in [-0.4, -0.2) is 33.2 Å². The van der Waals surface area contributed by atoms with E-state index in [9.17, 15) is 0 Å². The summed E-state index contributed by atoms with van der Waals surface area (Å²) in [6.07, 6.45) is 5.08. The van der Waals surface area contributed by atoms with E-state index in [1.807, 2.05) is 36.4 Å². The Morgan fingerprint density at radius 3 is 2.77 bits per heavy atom. The van der Waals surface area contributed by atoms with Crippen molar-refractivity contribution in [3.63, 3.8) is 0 Å². The molecule has 0 aliphatic rings. The molecular weight excluding hydrogens is 298 g/mol. The predicted octanol–water partition coefficient (Wildman–Crippen LogP) is 2.89. The molecule has 0 fully saturated rings. The molecule has 0 spiro atoms. The van der Waals surface area contributed by atoms with Crippen molar-refractivity contribution in [2.24, 2.45) is 5.10 Å². The van der Waals surface area contributed by atoms with Crippen LogP contribution in [0.15, 0.2) is 53.9 Å². The van der Waals surface area contributed by atoms with Gasteiger partial charge in [-0.15, -0.1) is 0 Å². The number of aromatic amines is 1. The van der Waals surface area contributed by atoms with Gasteiger partial charge in [0.25, 0.3) is 0 Å². The standard InChI is InChI=1S/C15H13N5OS/c1-21-13-5-3-2-4-12(13)10-17-20-14(18-19-15(20)22)11-6-8-16-9-7-11/h2-10H,1H3,(H,19,22). The Labute approximate surface area is 132 Å². The minimum absolute atomic E-state index is 0.415. The van der Waals surface area contributed by atoms with Crippen LogP contribution in [0, 0.1) is 4.77 Å². The van der Waals surface area contributed by atoms with Crippen molar-refractivity contribution in [3.8, 4) is 17.1 Å². The molecule has 7 heteroatoms. The van der Waals surface area contributed by atoms with Crippen molar-refractivity contribution in [1.82, 2.24) is 19.9 Å². The molecule has 1 N–H and O–H groups in total. The van der Waals surface area contributed by atoms with Crippen molar-refractivity contribution in [3.05, 3.63) is 59.1 Å². The molecule has 1 aromatic carbocycles. The Kier molecular flexibility index (Phi) is 4.06. The number of hydrogen-bond donors (Lipinski definition) is 1. The van der Waals surface area contributed by atoms with E-state index in [0.29, 0.717) is 10.6 Å². The van der Waals surface area contributed by atoms with Crippen LogP contribution in [0.4, 0.5) is 0 Å².